The molecule has 1 heterocycles. The molecule has 3 aliphatic carbocycles. The molecule has 7 rings (SSSR count). The number of anilines is 2. The van der Waals surface area contributed by atoms with Gasteiger partial charge in [-0.2, -0.15) is 0 Å². The van der Waals surface area contributed by atoms with Crippen LogP contribution in [0.2, 0.25) is 0 Å². The van der Waals surface area contributed by atoms with Crippen molar-refractivity contribution in [1.29, 1.82) is 0 Å². The average Bonchev–Trinajstić information content (AvgIpc) is 3.53. The van der Waals surface area contributed by atoms with E-state index in [1.54, 1.807) is 5.57 Å². The van der Waals surface area contributed by atoms with E-state index in [0.29, 0.717) is 5.66 Å². The monoisotopic (exact) mass is 686 g/mol. The molecule has 0 aromatic heterocycles. The summed E-state index contributed by atoms with van der Waals surface area (Å²) in [6, 6.07) is 21.1. The molecule has 1 unspecified atom stereocenters. The highest BCUT2D eigenvalue weighted by atomic mass is 31.2. The van der Waals surface area contributed by atoms with E-state index in [1.807, 2.05) is 0 Å². The molecule has 0 bridgehead atoms. The van der Waals surface area contributed by atoms with Crippen LogP contribution in [0.5, 0.6) is 0 Å². The van der Waals surface area contributed by atoms with Gasteiger partial charge in [0.15, 0.2) is 0 Å². The van der Waals surface area contributed by atoms with Gasteiger partial charge in [0.1, 0.15) is 5.82 Å². The fourth-order valence-corrected chi connectivity index (χ4v) is 18.0. The van der Waals surface area contributed by atoms with Gasteiger partial charge in [-0.05, 0) is 138 Å². The number of benzene rings is 3. The molecule has 0 N–H and O–H groups in total. The number of rotatable bonds is 7. The number of aryl methyl sites for hydroxylation is 6. The highest BCUT2D eigenvalue weighted by Gasteiger charge is 2.46. The van der Waals surface area contributed by atoms with Crippen molar-refractivity contribution < 1.29 is 0 Å². The molecule has 1 aliphatic heterocycles. The molecule has 3 aromatic carbocycles. The SMILES string of the molecule is Cc1cc(C)c(N2C=CN(c3c(C)cc(C)cc3C)C2=C2CCCCC2P(=CCc2ccccc2)(C2CCCCC2)C2CCCCC2)c(C)c1. The Morgan fingerprint density at radius 2 is 1.04 bits per heavy atom. The Morgan fingerprint density at radius 1 is 0.580 bits per heavy atom. The molecule has 3 saturated carbocycles. The van der Waals surface area contributed by atoms with E-state index in [0.717, 1.165) is 17.7 Å². The minimum absolute atomic E-state index is 0.670. The Kier molecular flexibility index (Phi) is 10.9. The molecule has 1 atom stereocenters. The number of nitrogens with zero attached hydrogens (tertiary/aromatic N) is 2. The second kappa shape index (κ2) is 15.3. The Labute approximate surface area is 305 Å². The van der Waals surface area contributed by atoms with Gasteiger partial charge < -0.3 is 9.80 Å². The van der Waals surface area contributed by atoms with Crippen LogP contribution in [0.3, 0.4) is 0 Å². The predicted molar refractivity (Wildman–Crippen MR) is 222 cm³/mol. The largest absolute Gasteiger partial charge is 0.301 e. The first-order valence-corrected chi connectivity index (χ1v) is 22.3. The summed E-state index contributed by atoms with van der Waals surface area (Å²) in [5.41, 5.74) is 16.7. The zero-order chi connectivity index (χ0) is 34.8. The Morgan fingerprint density at radius 3 is 1.52 bits per heavy atom. The molecular weight excluding hydrogens is 624 g/mol. The van der Waals surface area contributed by atoms with Crippen LogP contribution in [-0.4, -0.2) is 22.8 Å². The molecule has 0 amide bonds. The summed E-state index contributed by atoms with van der Waals surface area (Å²) in [6.07, 6.45) is 25.7. The van der Waals surface area contributed by atoms with Gasteiger partial charge in [0.05, 0.1) is 11.4 Å². The normalized spacial score (nSPS) is 21.0. The van der Waals surface area contributed by atoms with Crippen LogP contribution >= 0.6 is 6.89 Å². The van der Waals surface area contributed by atoms with E-state index < -0.39 is 6.89 Å². The summed E-state index contributed by atoms with van der Waals surface area (Å²) < 4.78 is 0. The predicted octanol–water partition coefficient (Wildman–Crippen LogP) is 13.2. The third-order valence-corrected chi connectivity index (χ3v) is 18.9. The van der Waals surface area contributed by atoms with Gasteiger partial charge in [0, 0.05) is 18.1 Å². The second-order valence-electron chi connectivity index (χ2n) is 16.5. The molecular formula is C47H63N2P. The maximum Gasteiger partial charge on any atom is 0.121 e. The molecule has 0 saturated heterocycles. The highest BCUT2D eigenvalue weighted by molar-refractivity contribution is 7.77. The topological polar surface area (TPSA) is 6.48 Å². The molecule has 266 valence electrons. The first-order chi connectivity index (χ1) is 24.3. The minimum Gasteiger partial charge on any atom is -0.301 e. The maximum atomic E-state index is 3.08. The van der Waals surface area contributed by atoms with Crippen LogP contribution in [0, 0.1) is 41.5 Å². The molecule has 0 radical (unpaired) electrons. The summed E-state index contributed by atoms with van der Waals surface area (Å²) >= 11 is 0. The van der Waals surface area contributed by atoms with Crippen molar-refractivity contribution in [2.45, 2.75) is 155 Å². The number of hydrogen-bond donors (Lipinski definition) is 0. The van der Waals surface area contributed by atoms with Crippen molar-refractivity contribution in [3.05, 3.63) is 117 Å². The molecule has 2 nitrogen and oxygen atoms in total. The quantitative estimate of drug-likeness (QED) is 0.228. The van der Waals surface area contributed by atoms with Gasteiger partial charge in [0.2, 0.25) is 0 Å². The van der Waals surface area contributed by atoms with Crippen molar-refractivity contribution in [3.63, 3.8) is 0 Å². The molecule has 3 aromatic rings. The van der Waals surface area contributed by atoms with Crippen LogP contribution in [0.25, 0.3) is 0 Å². The maximum absolute atomic E-state index is 3.08. The molecule has 4 aliphatic rings. The first kappa shape index (κ1) is 35.4. The smallest absolute Gasteiger partial charge is 0.121 e. The summed E-state index contributed by atoms with van der Waals surface area (Å²) in [5, 5.41) is 0. The van der Waals surface area contributed by atoms with E-state index in [1.165, 1.54) is 146 Å². The van der Waals surface area contributed by atoms with Gasteiger partial charge >= 0.3 is 0 Å². The van der Waals surface area contributed by atoms with Crippen molar-refractivity contribution in [2.75, 3.05) is 9.80 Å². The van der Waals surface area contributed by atoms with E-state index in [9.17, 15) is 0 Å². The summed E-state index contributed by atoms with van der Waals surface area (Å²) in [7, 11) is 0. The standard InChI is InChI=1S/C47H63N2P/c1-34-30-36(3)45(37(4)31-34)48-27-28-49(46-38(5)32-35(2)33-39(46)6)47(48)43-24-16-17-25-44(43)50(41-20-12-8-13-21-41,42-22-14-9-15-23-42)29-26-40-18-10-7-11-19-40/h7,10-11,18-19,27-33,41-42,44H,8-9,12-17,20-26H2,1-6H3. The lowest BCUT2D eigenvalue weighted by Gasteiger charge is -2.52. The zero-order valence-corrected chi connectivity index (χ0v) is 33.0. The van der Waals surface area contributed by atoms with Crippen molar-refractivity contribution in [3.8, 4) is 0 Å². The lowest BCUT2D eigenvalue weighted by Crippen LogP contribution is -2.37. The minimum atomic E-state index is -1.56. The molecule has 3 fully saturated rings. The Hall–Kier alpha value is -2.96. The summed E-state index contributed by atoms with van der Waals surface area (Å²) in [5.74, 6) is 4.55. The fourth-order valence-electron chi connectivity index (χ4n) is 11.1. The third kappa shape index (κ3) is 6.84. The fraction of sp³-hybridized carbons (Fsp3) is 0.511. The Bertz CT molecular complexity index is 1650. The zero-order valence-electron chi connectivity index (χ0n) is 32.1. The third-order valence-electron chi connectivity index (χ3n) is 12.9. The summed E-state index contributed by atoms with van der Waals surface area (Å²) in [4.78, 5) is 5.31. The van der Waals surface area contributed by atoms with Crippen LogP contribution in [0.4, 0.5) is 11.4 Å². The van der Waals surface area contributed by atoms with E-state index in [-0.39, 0.29) is 0 Å². The molecule has 50 heavy (non-hydrogen) atoms. The highest BCUT2D eigenvalue weighted by Crippen LogP contribution is 2.70. The van der Waals surface area contributed by atoms with Crippen LogP contribution in [0.1, 0.15) is 129 Å². The van der Waals surface area contributed by atoms with E-state index in [2.05, 4.69) is 124 Å². The number of allylic oxidation sites excluding steroid dienone is 1. The Balaban J connectivity index is 1.50. The van der Waals surface area contributed by atoms with Gasteiger partial charge in [-0.25, -0.2) is 0 Å². The second-order valence-corrected chi connectivity index (χ2v) is 20.7. The number of hydrogen-bond acceptors (Lipinski definition) is 2. The van der Waals surface area contributed by atoms with Crippen molar-refractivity contribution in [1.82, 2.24) is 0 Å². The lowest BCUT2D eigenvalue weighted by atomic mass is 9.92. The van der Waals surface area contributed by atoms with Crippen LogP contribution < -0.4 is 9.80 Å². The lowest BCUT2D eigenvalue weighted by molar-refractivity contribution is 0.474. The summed E-state index contributed by atoms with van der Waals surface area (Å²) in [6.45, 7) is 12.3. The average molecular weight is 687 g/mol. The van der Waals surface area contributed by atoms with Crippen molar-refractivity contribution >= 4 is 24.1 Å². The van der Waals surface area contributed by atoms with Crippen molar-refractivity contribution in [2.24, 2.45) is 0 Å². The molecule has 3 heteroatoms. The van der Waals surface area contributed by atoms with Crippen LogP contribution in [-0.2, 0) is 6.42 Å². The van der Waals surface area contributed by atoms with Gasteiger partial charge in [0.25, 0.3) is 0 Å². The van der Waals surface area contributed by atoms with Gasteiger partial charge in [-0.3, -0.25) is 0 Å². The first-order valence-electron chi connectivity index (χ1n) is 20.2. The van der Waals surface area contributed by atoms with Gasteiger partial charge in [-0.1, -0.05) is 123 Å². The molecule has 0 spiro atoms. The van der Waals surface area contributed by atoms with E-state index in [4.69, 9.17) is 0 Å². The van der Waals surface area contributed by atoms with E-state index >= 15 is 0 Å². The van der Waals surface area contributed by atoms with Crippen LogP contribution in [0.15, 0.2) is 78.4 Å². The van der Waals surface area contributed by atoms with Gasteiger partial charge in [-0.15, -0.1) is 0 Å².